The van der Waals surface area contributed by atoms with Crippen molar-refractivity contribution in [3.63, 3.8) is 0 Å². The Balaban J connectivity index is 1.60. The molecule has 23 heavy (non-hydrogen) atoms. The molecule has 1 amide bonds. The number of carbonyl (C=O) groups is 1. The number of nitrogens with zero attached hydrogens (tertiary/aromatic N) is 1. The SMILES string of the molecule is Cc1cccc(OCc2csc(C(=O)Nc3ccncc3)c2)c1. The molecule has 0 atom stereocenters. The van der Waals surface area contributed by atoms with Gasteiger partial charge in [-0.15, -0.1) is 11.3 Å². The van der Waals surface area contributed by atoms with E-state index in [1.165, 1.54) is 11.3 Å². The van der Waals surface area contributed by atoms with Crippen molar-refractivity contribution in [1.29, 1.82) is 0 Å². The predicted molar refractivity (Wildman–Crippen MR) is 92.0 cm³/mol. The highest BCUT2D eigenvalue weighted by atomic mass is 32.1. The average molecular weight is 324 g/mol. The number of amides is 1. The van der Waals surface area contributed by atoms with Gasteiger partial charge in [-0.1, -0.05) is 12.1 Å². The van der Waals surface area contributed by atoms with Crippen LogP contribution in [0.15, 0.2) is 60.2 Å². The normalized spacial score (nSPS) is 10.3. The quantitative estimate of drug-likeness (QED) is 0.762. The molecule has 0 saturated heterocycles. The number of thiophene rings is 1. The van der Waals surface area contributed by atoms with Gasteiger partial charge >= 0.3 is 0 Å². The molecule has 3 rings (SSSR count). The van der Waals surface area contributed by atoms with E-state index in [1.807, 2.05) is 42.6 Å². The van der Waals surface area contributed by atoms with E-state index in [-0.39, 0.29) is 5.91 Å². The number of aromatic nitrogens is 1. The minimum absolute atomic E-state index is 0.122. The van der Waals surface area contributed by atoms with Crippen LogP contribution in [0.5, 0.6) is 5.75 Å². The van der Waals surface area contributed by atoms with Crippen molar-refractivity contribution in [2.24, 2.45) is 0 Å². The third kappa shape index (κ3) is 4.17. The Kier molecular flexibility index (Phi) is 4.68. The summed E-state index contributed by atoms with van der Waals surface area (Å²) < 4.78 is 5.75. The molecule has 0 saturated carbocycles. The van der Waals surface area contributed by atoms with Crippen LogP contribution in [0.1, 0.15) is 20.8 Å². The summed E-state index contributed by atoms with van der Waals surface area (Å²) in [4.78, 5) is 16.8. The number of rotatable bonds is 5. The molecular weight excluding hydrogens is 308 g/mol. The number of carbonyl (C=O) groups excluding carboxylic acids is 1. The molecule has 0 radical (unpaired) electrons. The van der Waals surface area contributed by atoms with Crippen molar-refractivity contribution in [3.8, 4) is 5.75 Å². The average Bonchev–Trinajstić information content (AvgIpc) is 3.03. The first kappa shape index (κ1) is 15.2. The number of aryl methyl sites for hydroxylation is 1. The number of hydrogen-bond donors (Lipinski definition) is 1. The molecule has 0 unspecified atom stereocenters. The zero-order chi connectivity index (χ0) is 16.1. The third-order valence-corrected chi connectivity index (χ3v) is 4.19. The van der Waals surface area contributed by atoms with E-state index in [2.05, 4.69) is 10.3 Å². The van der Waals surface area contributed by atoms with Crippen LogP contribution in [0.3, 0.4) is 0 Å². The van der Waals surface area contributed by atoms with Gasteiger partial charge in [-0.2, -0.15) is 0 Å². The molecule has 3 aromatic rings. The van der Waals surface area contributed by atoms with Crippen molar-refractivity contribution >= 4 is 22.9 Å². The molecule has 0 spiro atoms. The highest BCUT2D eigenvalue weighted by molar-refractivity contribution is 7.12. The number of ether oxygens (including phenoxy) is 1. The first-order valence-corrected chi connectivity index (χ1v) is 8.07. The summed E-state index contributed by atoms with van der Waals surface area (Å²) in [7, 11) is 0. The lowest BCUT2D eigenvalue weighted by Gasteiger charge is -2.05. The van der Waals surface area contributed by atoms with Crippen molar-refractivity contribution < 1.29 is 9.53 Å². The summed E-state index contributed by atoms with van der Waals surface area (Å²) >= 11 is 1.41. The Bertz CT molecular complexity index is 800. The number of pyridine rings is 1. The fourth-order valence-electron chi connectivity index (χ4n) is 2.07. The number of hydrogen-bond acceptors (Lipinski definition) is 4. The minimum Gasteiger partial charge on any atom is -0.489 e. The van der Waals surface area contributed by atoms with Gasteiger partial charge in [-0.3, -0.25) is 9.78 Å². The lowest BCUT2D eigenvalue weighted by atomic mass is 10.2. The molecular formula is C18H16N2O2S. The fourth-order valence-corrected chi connectivity index (χ4v) is 2.86. The largest absolute Gasteiger partial charge is 0.489 e. The van der Waals surface area contributed by atoms with Gasteiger partial charge in [-0.05, 0) is 48.2 Å². The Morgan fingerprint density at radius 3 is 2.83 bits per heavy atom. The smallest absolute Gasteiger partial charge is 0.265 e. The predicted octanol–water partition coefficient (Wildman–Crippen LogP) is 4.28. The third-order valence-electron chi connectivity index (χ3n) is 3.21. The van der Waals surface area contributed by atoms with Crippen LogP contribution in [0.2, 0.25) is 0 Å². The van der Waals surface area contributed by atoms with E-state index in [4.69, 9.17) is 4.74 Å². The number of anilines is 1. The molecule has 2 heterocycles. The van der Waals surface area contributed by atoms with Crippen LogP contribution >= 0.6 is 11.3 Å². The molecule has 1 N–H and O–H groups in total. The minimum atomic E-state index is -0.122. The van der Waals surface area contributed by atoms with Gasteiger partial charge in [0.15, 0.2) is 0 Å². The highest BCUT2D eigenvalue weighted by Crippen LogP contribution is 2.19. The van der Waals surface area contributed by atoms with Gasteiger partial charge < -0.3 is 10.1 Å². The van der Waals surface area contributed by atoms with Crippen LogP contribution in [0.4, 0.5) is 5.69 Å². The summed E-state index contributed by atoms with van der Waals surface area (Å²) in [5.41, 5.74) is 2.87. The summed E-state index contributed by atoms with van der Waals surface area (Å²) in [6.07, 6.45) is 3.29. The van der Waals surface area contributed by atoms with Gasteiger partial charge in [0.2, 0.25) is 0 Å². The van der Waals surface area contributed by atoms with Crippen LogP contribution in [-0.4, -0.2) is 10.9 Å². The molecule has 2 aromatic heterocycles. The molecule has 5 heteroatoms. The molecule has 0 aliphatic rings. The monoisotopic (exact) mass is 324 g/mol. The van der Waals surface area contributed by atoms with E-state index in [9.17, 15) is 4.79 Å². The van der Waals surface area contributed by atoms with E-state index < -0.39 is 0 Å². The maximum atomic E-state index is 12.2. The molecule has 0 fully saturated rings. The van der Waals surface area contributed by atoms with Gasteiger partial charge in [0.25, 0.3) is 5.91 Å². The summed E-state index contributed by atoms with van der Waals surface area (Å²) in [5.74, 6) is 0.710. The molecule has 1 aromatic carbocycles. The Hall–Kier alpha value is -2.66. The fraction of sp³-hybridized carbons (Fsp3) is 0.111. The second kappa shape index (κ2) is 7.07. The highest BCUT2D eigenvalue weighted by Gasteiger charge is 2.10. The second-order valence-corrected chi connectivity index (χ2v) is 6.03. The van der Waals surface area contributed by atoms with Crippen LogP contribution in [-0.2, 0) is 6.61 Å². The van der Waals surface area contributed by atoms with Crippen LogP contribution in [0, 0.1) is 6.92 Å². The molecule has 0 aliphatic carbocycles. The van der Waals surface area contributed by atoms with Crippen molar-refractivity contribution in [1.82, 2.24) is 4.98 Å². The lowest BCUT2D eigenvalue weighted by Crippen LogP contribution is -2.10. The van der Waals surface area contributed by atoms with E-state index in [0.717, 1.165) is 22.6 Å². The maximum Gasteiger partial charge on any atom is 0.265 e. The Morgan fingerprint density at radius 1 is 1.22 bits per heavy atom. The van der Waals surface area contributed by atoms with Gasteiger partial charge in [0.05, 0.1) is 4.88 Å². The molecule has 116 valence electrons. The van der Waals surface area contributed by atoms with Crippen molar-refractivity contribution in [3.05, 3.63) is 76.2 Å². The van der Waals surface area contributed by atoms with Gasteiger partial charge in [0, 0.05) is 23.6 Å². The first-order valence-electron chi connectivity index (χ1n) is 7.19. The van der Waals surface area contributed by atoms with Crippen molar-refractivity contribution in [2.45, 2.75) is 13.5 Å². The van der Waals surface area contributed by atoms with Crippen molar-refractivity contribution in [2.75, 3.05) is 5.32 Å². The zero-order valence-electron chi connectivity index (χ0n) is 12.7. The summed E-state index contributed by atoms with van der Waals surface area (Å²) in [6, 6.07) is 13.3. The molecule has 0 aliphatic heterocycles. The lowest BCUT2D eigenvalue weighted by molar-refractivity contribution is 0.103. The van der Waals surface area contributed by atoms with Crippen LogP contribution < -0.4 is 10.1 Å². The van der Waals surface area contributed by atoms with Gasteiger partial charge in [-0.25, -0.2) is 0 Å². The Labute approximate surface area is 138 Å². The number of nitrogens with one attached hydrogen (secondary N) is 1. The number of benzene rings is 1. The second-order valence-electron chi connectivity index (χ2n) is 5.11. The standard InChI is InChI=1S/C18H16N2O2S/c1-13-3-2-4-16(9-13)22-11-14-10-17(23-12-14)18(21)20-15-5-7-19-8-6-15/h2-10,12H,11H2,1H3,(H,19,20,21). The molecule has 4 nitrogen and oxygen atoms in total. The zero-order valence-corrected chi connectivity index (χ0v) is 13.5. The van der Waals surface area contributed by atoms with E-state index in [1.54, 1.807) is 24.5 Å². The molecule has 0 bridgehead atoms. The maximum absolute atomic E-state index is 12.2. The summed E-state index contributed by atoms with van der Waals surface area (Å²) in [5, 5.41) is 4.79. The Morgan fingerprint density at radius 2 is 2.04 bits per heavy atom. The first-order chi connectivity index (χ1) is 11.2. The topological polar surface area (TPSA) is 51.2 Å². The van der Waals surface area contributed by atoms with Crippen LogP contribution in [0.25, 0.3) is 0 Å². The van der Waals surface area contributed by atoms with E-state index in [0.29, 0.717) is 11.5 Å². The van der Waals surface area contributed by atoms with E-state index >= 15 is 0 Å². The van der Waals surface area contributed by atoms with Gasteiger partial charge in [0.1, 0.15) is 12.4 Å². The summed E-state index contributed by atoms with van der Waals surface area (Å²) in [6.45, 7) is 2.47.